The summed E-state index contributed by atoms with van der Waals surface area (Å²) in [5.74, 6) is -0.719. The molecule has 5 heteroatoms. The topological polar surface area (TPSA) is 81.0 Å². The summed E-state index contributed by atoms with van der Waals surface area (Å²) in [6.07, 6.45) is 0. The highest BCUT2D eigenvalue weighted by Crippen LogP contribution is 2.22. The van der Waals surface area contributed by atoms with E-state index >= 15 is 0 Å². The molecule has 2 aromatic carbocycles. The fraction of sp³-hybridized carbons (Fsp3) is 0.188. The molecule has 0 radical (unpaired) electrons. The number of carbonyl (C=O) groups is 1. The summed E-state index contributed by atoms with van der Waals surface area (Å²) >= 11 is 0. The smallest absolute Gasteiger partial charge is 0.254 e. The van der Waals surface area contributed by atoms with E-state index in [-0.39, 0.29) is 36.1 Å². The Bertz CT molecular complexity index is 593. The van der Waals surface area contributed by atoms with Crippen LogP contribution in [0.15, 0.2) is 48.5 Å². The van der Waals surface area contributed by atoms with Crippen LogP contribution in [-0.4, -0.2) is 39.3 Å². The summed E-state index contributed by atoms with van der Waals surface area (Å²) in [6, 6.07) is 13.1. The van der Waals surface area contributed by atoms with Crippen LogP contribution in [0, 0.1) is 0 Å². The molecule has 0 fully saturated rings. The minimum atomic E-state index is -0.362. The van der Waals surface area contributed by atoms with E-state index in [9.17, 15) is 15.0 Å². The lowest BCUT2D eigenvalue weighted by molar-refractivity contribution is 0.0707. The quantitative estimate of drug-likeness (QED) is 0.782. The molecule has 5 nitrogen and oxygen atoms in total. The van der Waals surface area contributed by atoms with Crippen LogP contribution in [0.3, 0.4) is 0 Å². The second-order valence-electron chi connectivity index (χ2n) is 4.67. The number of rotatable bonds is 5. The van der Waals surface area contributed by atoms with Crippen LogP contribution in [0.2, 0.25) is 0 Å². The zero-order valence-electron chi connectivity index (χ0n) is 11.4. The van der Waals surface area contributed by atoms with Gasteiger partial charge < -0.3 is 20.2 Å². The van der Waals surface area contributed by atoms with Gasteiger partial charge in [-0.15, -0.1) is 0 Å². The summed E-state index contributed by atoms with van der Waals surface area (Å²) in [5.41, 5.74) is 1.11. The van der Waals surface area contributed by atoms with Crippen LogP contribution in [-0.2, 0) is 6.54 Å². The fourth-order valence-corrected chi connectivity index (χ4v) is 2.08. The van der Waals surface area contributed by atoms with Crippen LogP contribution >= 0.6 is 0 Å². The number of phenols is 2. The molecule has 0 saturated heterocycles. The molecule has 110 valence electrons. The summed E-state index contributed by atoms with van der Waals surface area (Å²) in [4.78, 5) is 13.9. The lowest BCUT2D eigenvalue weighted by Crippen LogP contribution is -2.33. The first-order valence-corrected chi connectivity index (χ1v) is 6.57. The molecule has 0 atom stereocenters. The molecule has 0 unspecified atom stereocenters. The van der Waals surface area contributed by atoms with E-state index in [2.05, 4.69) is 0 Å². The summed E-state index contributed by atoms with van der Waals surface area (Å²) in [5, 5.41) is 28.1. The van der Waals surface area contributed by atoms with Crippen molar-refractivity contribution in [1.82, 2.24) is 4.90 Å². The molecular formula is C16H17NO4. The Morgan fingerprint density at radius 1 is 1.00 bits per heavy atom. The summed E-state index contributed by atoms with van der Waals surface area (Å²) in [6.45, 7) is 0.351. The number of carbonyl (C=O) groups excluding carboxylic acids is 1. The molecule has 2 rings (SSSR count). The molecular weight excluding hydrogens is 270 g/mol. The lowest BCUT2D eigenvalue weighted by atomic mass is 10.1. The van der Waals surface area contributed by atoms with Gasteiger partial charge in [0, 0.05) is 24.7 Å². The minimum absolute atomic E-state index is 0.163. The molecule has 1 amide bonds. The third kappa shape index (κ3) is 3.97. The van der Waals surface area contributed by atoms with Gasteiger partial charge in [0.25, 0.3) is 5.91 Å². The zero-order valence-corrected chi connectivity index (χ0v) is 11.4. The Labute approximate surface area is 122 Å². The van der Waals surface area contributed by atoms with Crippen molar-refractivity contribution in [2.75, 3.05) is 13.2 Å². The summed E-state index contributed by atoms with van der Waals surface area (Å²) < 4.78 is 0. The molecule has 21 heavy (non-hydrogen) atoms. The van der Waals surface area contributed by atoms with Crippen molar-refractivity contribution < 1.29 is 20.1 Å². The molecule has 0 aliphatic carbocycles. The van der Waals surface area contributed by atoms with Crippen molar-refractivity contribution >= 4 is 5.91 Å². The van der Waals surface area contributed by atoms with Crippen LogP contribution in [0.4, 0.5) is 0 Å². The van der Waals surface area contributed by atoms with E-state index in [1.54, 1.807) is 0 Å². The first-order chi connectivity index (χ1) is 10.1. The Balaban J connectivity index is 2.22. The van der Waals surface area contributed by atoms with Crippen LogP contribution in [0.1, 0.15) is 15.9 Å². The van der Waals surface area contributed by atoms with Gasteiger partial charge in [0.1, 0.15) is 11.5 Å². The monoisotopic (exact) mass is 287 g/mol. The van der Waals surface area contributed by atoms with E-state index in [1.807, 2.05) is 30.3 Å². The van der Waals surface area contributed by atoms with Gasteiger partial charge in [0.15, 0.2) is 0 Å². The Morgan fingerprint density at radius 2 is 1.62 bits per heavy atom. The molecule has 0 aliphatic heterocycles. The fourth-order valence-electron chi connectivity index (χ4n) is 2.08. The minimum Gasteiger partial charge on any atom is -0.508 e. The average Bonchev–Trinajstić information content (AvgIpc) is 2.46. The highest BCUT2D eigenvalue weighted by Gasteiger charge is 2.17. The molecule has 0 spiro atoms. The third-order valence-corrected chi connectivity index (χ3v) is 3.02. The van der Waals surface area contributed by atoms with E-state index in [0.717, 1.165) is 11.6 Å². The number of hydrogen-bond acceptors (Lipinski definition) is 4. The van der Waals surface area contributed by atoms with Crippen LogP contribution in [0.25, 0.3) is 0 Å². The van der Waals surface area contributed by atoms with Crippen molar-refractivity contribution in [3.63, 3.8) is 0 Å². The predicted octanol–water partition coefficient (Wildman–Crippen LogP) is 1.73. The average molecular weight is 287 g/mol. The molecule has 0 saturated carbocycles. The molecule has 0 aliphatic rings. The number of aliphatic hydroxyl groups is 1. The maximum atomic E-state index is 12.4. The van der Waals surface area contributed by atoms with Gasteiger partial charge in [-0.25, -0.2) is 0 Å². The second kappa shape index (κ2) is 6.76. The van der Waals surface area contributed by atoms with E-state index in [0.29, 0.717) is 6.54 Å². The van der Waals surface area contributed by atoms with Gasteiger partial charge in [0.2, 0.25) is 0 Å². The van der Waals surface area contributed by atoms with Crippen molar-refractivity contribution in [1.29, 1.82) is 0 Å². The Kier molecular flexibility index (Phi) is 4.79. The number of aromatic hydroxyl groups is 2. The molecule has 0 aromatic heterocycles. The van der Waals surface area contributed by atoms with Gasteiger partial charge >= 0.3 is 0 Å². The van der Waals surface area contributed by atoms with Gasteiger partial charge in [0.05, 0.1) is 6.61 Å². The number of aliphatic hydroxyl groups excluding tert-OH is 1. The molecule has 0 bridgehead atoms. The number of nitrogens with zero attached hydrogens (tertiary/aromatic N) is 1. The van der Waals surface area contributed by atoms with E-state index in [4.69, 9.17) is 5.11 Å². The van der Waals surface area contributed by atoms with Crippen LogP contribution < -0.4 is 0 Å². The van der Waals surface area contributed by atoms with E-state index < -0.39 is 0 Å². The maximum Gasteiger partial charge on any atom is 0.254 e. The van der Waals surface area contributed by atoms with Gasteiger partial charge in [-0.2, -0.15) is 0 Å². The number of hydrogen-bond donors (Lipinski definition) is 3. The molecule has 3 N–H and O–H groups in total. The maximum absolute atomic E-state index is 12.4. The SMILES string of the molecule is O=C(c1cc(O)cc(O)c1)N(CCO)Cc1ccccc1. The number of amides is 1. The van der Waals surface area contributed by atoms with Gasteiger partial charge in [-0.1, -0.05) is 30.3 Å². The highest BCUT2D eigenvalue weighted by molar-refractivity contribution is 5.95. The van der Waals surface area contributed by atoms with Gasteiger partial charge in [-0.05, 0) is 17.7 Å². The Morgan fingerprint density at radius 3 is 2.19 bits per heavy atom. The third-order valence-electron chi connectivity index (χ3n) is 3.02. The summed E-state index contributed by atoms with van der Waals surface area (Å²) in [7, 11) is 0. The zero-order chi connectivity index (χ0) is 15.2. The van der Waals surface area contributed by atoms with Crippen molar-refractivity contribution in [3.8, 4) is 11.5 Å². The molecule has 2 aromatic rings. The predicted molar refractivity (Wildman–Crippen MR) is 78.0 cm³/mol. The Hall–Kier alpha value is -2.53. The lowest BCUT2D eigenvalue weighted by Gasteiger charge is -2.22. The standard InChI is InChI=1S/C16H17NO4/c18-7-6-17(11-12-4-2-1-3-5-12)16(21)13-8-14(19)10-15(20)9-13/h1-5,8-10,18-20H,6-7,11H2. The van der Waals surface area contributed by atoms with E-state index in [1.165, 1.54) is 17.0 Å². The first-order valence-electron chi connectivity index (χ1n) is 6.57. The highest BCUT2D eigenvalue weighted by atomic mass is 16.3. The first kappa shape index (κ1) is 14.9. The van der Waals surface area contributed by atoms with Crippen molar-refractivity contribution in [3.05, 3.63) is 59.7 Å². The van der Waals surface area contributed by atoms with Crippen molar-refractivity contribution in [2.24, 2.45) is 0 Å². The van der Waals surface area contributed by atoms with Crippen LogP contribution in [0.5, 0.6) is 11.5 Å². The normalized spacial score (nSPS) is 10.3. The number of phenolic OH excluding ortho intramolecular Hbond substituents is 2. The van der Waals surface area contributed by atoms with Gasteiger partial charge in [-0.3, -0.25) is 4.79 Å². The second-order valence-corrected chi connectivity index (χ2v) is 4.67. The molecule has 0 heterocycles. The largest absolute Gasteiger partial charge is 0.508 e. The number of benzene rings is 2. The van der Waals surface area contributed by atoms with Crippen molar-refractivity contribution in [2.45, 2.75) is 6.54 Å².